The number of hydrogen-bond donors (Lipinski definition) is 1. The van der Waals surface area contributed by atoms with Gasteiger partial charge in [-0.05, 0) is 48.5 Å². The Kier molecular flexibility index (Phi) is 4.93. The van der Waals surface area contributed by atoms with E-state index in [1.807, 2.05) is 41.2 Å². The lowest BCUT2D eigenvalue weighted by Crippen LogP contribution is -2.50. The number of piperazine rings is 1. The second-order valence-corrected chi connectivity index (χ2v) is 6.69. The zero-order valence-corrected chi connectivity index (χ0v) is 15.4. The van der Waals surface area contributed by atoms with E-state index in [4.69, 9.17) is 11.6 Å². The molecule has 1 fully saturated rings. The Hall–Kier alpha value is -3.06. The van der Waals surface area contributed by atoms with Gasteiger partial charge in [0, 0.05) is 49.3 Å². The average molecular weight is 383 g/mol. The van der Waals surface area contributed by atoms with Gasteiger partial charge in [0.05, 0.1) is 0 Å². The Balaban J connectivity index is 1.33. The fourth-order valence-electron chi connectivity index (χ4n) is 2.99. The minimum absolute atomic E-state index is 0.106. The normalized spacial score (nSPS) is 14.3. The standard InChI is InChI=1S/C19H19ClN6O/c20-15-3-5-16(6-4-15)21-19(27)26-13-11-25(12-14-26)18-8-7-17(22-23-18)24-9-1-2-10-24/h1-10H,11-14H2,(H,21,27). The molecule has 1 N–H and O–H groups in total. The van der Waals surface area contributed by atoms with Gasteiger partial charge in [-0.15, -0.1) is 10.2 Å². The first-order valence-corrected chi connectivity index (χ1v) is 9.10. The highest BCUT2D eigenvalue weighted by Gasteiger charge is 2.22. The average Bonchev–Trinajstić information content (AvgIpc) is 3.25. The topological polar surface area (TPSA) is 66.3 Å². The molecule has 0 radical (unpaired) electrons. The van der Waals surface area contributed by atoms with Crippen LogP contribution >= 0.6 is 11.6 Å². The molecule has 7 nitrogen and oxygen atoms in total. The molecule has 2 amide bonds. The summed E-state index contributed by atoms with van der Waals surface area (Å²) in [6.45, 7) is 2.68. The maximum absolute atomic E-state index is 12.4. The fraction of sp³-hybridized carbons (Fsp3) is 0.211. The van der Waals surface area contributed by atoms with E-state index in [9.17, 15) is 4.79 Å². The largest absolute Gasteiger partial charge is 0.352 e. The van der Waals surface area contributed by atoms with Crippen molar-refractivity contribution >= 4 is 29.1 Å². The lowest BCUT2D eigenvalue weighted by molar-refractivity contribution is 0.208. The first-order chi connectivity index (χ1) is 13.2. The third kappa shape index (κ3) is 4.03. The Morgan fingerprint density at radius 1 is 0.889 bits per heavy atom. The fourth-order valence-corrected chi connectivity index (χ4v) is 3.11. The third-order valence-electron chi connectivity index (χ3n) is 4.49. The van der Waals surface area contributed by atoms with E-state index >= 15 is 0 Å². The third-order valence-corrected chi connectivity index (χ3v) is 4.74. The van der Waals surface area contributed by atoms with Crippen LogP contribution in [0.3, 0.4) is 0 Å². The Morgan fingerprint density at radius 3 is 2.15 bits per heavy atom. The molecule has 8 heteroatoms. The molecule has 3 heterocycles. The molecule has 27 heavy (non-hydrogen) atoms. The van der Waals surface area contributed by atoms with Crippen molar-refractivity contribution in [3.63, 3.8) is 0 Å². The van der Waals surface area contributed by atoms with E-state index in [1.54, 1.807) is 29.2 Å². The maximum atomic E-state index is 12.4. The molecule has 0 atom stereocenters. The van der Waals surface area contributed by atoms with Crippen molar-refractivity contribution in [1.29, 1.82) is 0 Å². The van der Waals surface area contributed by atoms with E-state index in [0.29, 0.717) is 31.2 Å². The number of aromatic nitrogens is 3. The maximum Gasteiger partial charge on any atom is 0.321 e. The van der Waals surface area contributed by atoms with Crippen molar-refractivity contribution in [2.45, 2.75) is 0 Å². The van der Waals surface area contributed by atoms with Gasteiger partial charge >= 0.3 is 6.03 Å². The van der Waals surface area contributed by atoms with Crippen LogP contribution in [0.15, 0.2) is 60.9 Å². The van der Waals surface area contributed by atoms with E-state index in [2.05, 4.69) is 20.4 Å². The number of carbonyl (C=O) groups is 1. The molecule has 1 aliphatic heterocycles. The predicted octanol–water partition coefficient (Wildman–Crippen LogP) is 3.27. The summed E-state index contributed by atoms with van der Waals surface area (Å²) in [6.07, 6.45) is 3.86. The summed E-state index contributed by atoms with van der Waals surface area (Å²) in [5.74, 6) is 1.60. The second-order valence-electron chi connectivity index (χ2n) is 6.25. The van der Waals surface area contributed by atoms with Crippen molar-refractivity contribution in [1.82, 2.24) is 19.7 Å². The van der Waals surface area contributed by atoms with Crippen molar-refractivity contribution in [3.8, 4) is 5.82 Å². The number of nitrogens with one attached hydrogen (secondary N) is 1. The number of benzene rings is 1. The highest BCUT2D eigenvalue weighted by atomic mass is 35.5. The van der Waals surface area contributed by atoms with Gasteiger partial charge in [0.25, 0.3) is 0 Å². The number of anilines is 2. The van der Waals surface area contributed by atoms with Crippen molar-refractivity contribution in [2.24, 2.45) is 0 Å². The van der Waals surface area contributed by atoms with Gasteiger partial charge in [-0.3, -0.25) is 0 Å². The molecule has 0 bridgehead atoms. The molecule has 138 valence electrons. The zero-order valence-electron chi connectivity index (χ0n) is 14.6. The van der Waals surface area contributed by atoms with E-state index in [0.717, 1.165) is 17.3 Å². The molecule has 0 unspecified atom stereocenters. The molecule has 0 saturated carbocycles. The van der Waals surface area contributed by atoms with E-state index in [1.165, 1.54) is 0 Å². The highest BCUT2D eigenvalue weighted by molar-refractivity contribution is 6.30. The Morgan fingerprint density at radius 2 is 1.52 bits per heavy atom. The number of halogens is 1. The molecular weight excluding hydrogens is 364 g/mol. The van der Waals surface area contributed by atoms with Crippen molar-refractivity contribution in [3.05, 3.63) is 65.9 Å². The molecular formula is C19H19ClN6O. The van der Waals surface area contributed by atoms with Crippen LogP contribution in [0.4, 0.5) is 16.3 Å². The van der Waals surface area contributed by atoms with Gasteiger partial charge in [-0.1, -0.05) is 11.6 Å². The van der Waals surface area contributed by atoms with Gasteiger partial charge in [-0.2, -0.15) is 0 Å². The van der Waals surface area contributed by atoms with Gasteiger partial charge < -0.3 is 19.7 Å². The van der Waals surface area contributed by atoms with Crippen LogP contribution in [-0.2, 0) is 0 Å². The number of hydrogen-bond acceptors (Lipinski definition) is 4. The Bertz CT molecular complexity index is 887. The summed E-state index contributed by atoms with van der Waals surface area (Å²) in [7, 11) is 0. The molecule has 1 aromatic carbocycles. The number of urea groups is 1. The van der Waals surface area contributed by atoms with Crippen LogP contribution in [0, 0.1) is 0 Å². The molecule has 1 aliphatic rings. The predicted molar refractivity (Wildman–Crippen MR) is 106 cm³/mol. The quantitative estimate of drug-likeness (QED) is 0.755. The van der Waals surface area contributed by atoms with Crippen molar-refractivity contribution in [2.75, 3.05) is 36.4 Å². The lowest BCUT2D eigenvalue weighted by Gasteiger charge is -2.35. The summed E-state index contributed by atoms with van der Waals surface area (Å²) in [6, 6.07) is 14.8. The minimum atomic E-state index is -0.106. The van der Waals surface area contributed by atoms with Crippen molar-refractivity contribution < 1.29 is 4.79 Å². The van der Waals surface area contributed by atoms with Gasteiger partial charge in [0.2, 0.25) is 0 Å². The monoisotopic (exact) mass is 382 g/mol. The molecule has 2 aromatic heterocycles. The lowest BCUT2D eigenvalue weighted by atomic mass is 10.3. The highest BCUT2D eigenvalue weighted by Crippen LogP contribution is 2.17. The summed E-state index contributed by atoms with van der Waals surface area (Å²) >= 11 is 5.87. The first-order valence-electron chi connectivity index (χ1n) is 8.72. The molecule has 0 aliphatic carbocycles. The van der Waals surface area contributed by atoms with Gasteiger partial charge in [0.1, 0.15) is 0 Å². The van der Waals surface area contributed by atoms with Gasteiger partial charge in [0.15, 0.2) is 11.6 Å². The van der Waals surface area contributed by atoms with Gasteiger partial charge in [-0.25, -0.2) is 4.79 Å². The SMILES string of the molecule is O=C(Nc1ccc(Cl)cc1)N1CCN(c2ccc(-n3cccc3)nn2)CC1. The van der Waals surface area contributed by atoms with Crippen LogP contribution in [0.5, 0.6) is 0 Å². The van der Waals surface area contributed by atoms with Crippen LogP contribution < -0.4 is 10.2 Å². The summed E-state index contributed by atoms with van der Waals surface area (Å²) < 4.78 is 1.91. The first kappa shape index (κ1) is 17.4. The molecule has 1 saturated heterocycles. The number of rotatable bonds is 3. The Labute approximate surface area is 162 Å². The molecule has 3 aromatic rings. The molecule has 4 rings (SSSR count). The molecule has 0 spiro atoms. The number of nitrogens with zero attached hydrogens (tertiary/aromatic N) is 5. The summed E-state index contributed by atoms with van der Waals surface area (Å²) in [5.41, 5.74) is 0.735. The smallest absolute Gasteiger partial charge is 0.321 e. The van der Waals surface area contributed by atoms with E-state index in [-0.39, 0.29) is 6.03 Å². The van der Waals surface area contributed by atoms with Crippen LogP contribution in [0.1, 0.15) is 0 Å². The van der Waals surface area contributed by atoms with Crippen LogP contribution in [0.2, 0.25) is 5.02 Å². The summed E-state index contributed by atoms with van der Waals surface area (Å²) in [5, 5.41) is 12.1. The second kappa shape index (κ2) is 7.67. The van der Waals surface area contributed by atoms with Crippen LogP contribution in [0.25, 0.3) is 5.82 Å². The van der Waals surface area contributed by atoms with Crippen LogP contribution in [-0.4, -0.2) is 51.9 Å². The number of carbonyl (C=O) groups excluding carboxylic acids is 1. The van der Waals surface area contributed by atoms with E-state index < -0.39 is 0 Å². The number of amides is 2. The zero-order chi connectivity index (χ0) is 18.6. The minimum Gasteiger partial charge on any atom is -0.352 e. The summed E-state index contributed by atoms with van der Waals surface area (Å²) in [4.78, 5) is 16.3.